The fourth-order valence-electron chi connectivity index (χ4n) is 3.65. The number of nitrogens with zero attached hydrogens (tertiary/aromatic N) is 1. The van der Waals surface area contributed by atoms with Crippen LogP contribution in [-0.2, 0) is 9.47 Å². The molecule has 0 aromatic carbocycles. The second kappa shape index (κ2) is 8.73. The van der Waals surface area contributed by atoms with Crippen molar-refractivity contribution < 1.29 is 14.3 Å². The summed E-state index contributed by atoms with van der Waals surface area (Å²) in [5, 5.41) is 3.25. The molecule has 1 saturated carbocycles. The van der Waals surface area contributed by atoms with Gasteiger partial charge in [-0.05, 0) is 43.9 Å². The highest BCUT2D eigenvalue weighted by Gasteiger charge is 2.29. The Labute approximate surface area is 134 Å². The Bertz CT molecular complexity index is 343. The Balaban J connectivity index is 1.69. The van der Waals surface area contributed by atoms with E-state index in [1.807, 2.05) is 4.90 Å². The van der Waals surface area contributed by atoms with Crippen molar-refractivity contribution in [2.45, 2.75) is 58.1 Å². The number of likely N-dealkylation sites (tertiary alicyclic amines) is 1. The Morgan fingerprint density at radius 2 is 1.86 bits per heavy atom. The van der Waals surface area contributed by atoms with Gasteiger partial charge in [-0.1, -0.05) is 13.8 Å². The van der Waals surface area contributed by atoms with E-state index in [1.54, 1.807) is 7.11 Å². The fraction of sp³-hybridized carbons (Fsp3) is 0.941. The molecule has 0 bridgehead atoms. The molecule has 0 radical (unpaired) electrons. The molecule has 1 aliphatic heterocycles. The molecule has 2 rings (SSSR count). The van der Waals surface area contributed by atoms with Crippen molar-refractivity contribution in [2.75, 3.05) is 33.4 Å². The van der Waals surface area contributed by atoms with Crippen molar-refractivity contribution in [2.24, 2.45) is 11.8 Å². The minimum absolute atomic E-state index is 0.113. The van der Waals surface area contributed by atoms with Crippen molar-refractivity contribution in [3.8, 4) is 0 Å². The highest BCUT2D eigenvalue weighted by atomic mass is 16.5. The monoisotopic (exact) mass is 312 g/mol. The number of carbonyl (C=O) groups is 1. The highest BCUT2D eigenvalue weighted by molar-refractivity contribution is 5.74. The lowest BCUT2D eigenvalue weighted by molar-refractivity contribution is -0.00949. The van der Waals surface area contributed by atoms with Crippen LogP contribution >= 0.6 is 0 Å². The zero-order valence-electron chi connectivity index (χ0n) is 14.3. The Hall–Kier alpha value is -0.810. The number of nitrogens with one attached hydrogen (secondary N) is 1. The molecule has 1 N–H and O–H groups in total. The van der Waals surface area contributed by atoms with Crippen molar-refractivity contribution >= 4 is 6.03 Å². The van der Waals surface area contributed by atoms with Gasteiger partial charge < -0.3 is 19.7 Å². The summed E-state index contributed by atoms with van der Waals surface area (Å²) >= 11 is 0. The van der Waals surface area contributed by atoms with E-state index < -0.39 is 0 Å². The van der Waals surface area contributed by atoms with Crippen LogP contribution in [-0.4, -0.2) is 56.5 Å². The van der Waals surface area contributed by atoms with Gasteiger partial charge in [0, 0.05) is 26.2 Å². The zero-order chi connectivity index (χ0) is 15.9. The van der Waals surface area contributed by atoms with Gasteiger partial charge >= 0.3 is 6.03 Å². The average molecular weight is 312 g/mol. The van der Waals surface area contributed by atoms with Gasteiger partial charge in [0.2, 0.25) is 0 Å². The Morgan fingerprint density at radius 3 is 2.50 bits per heavy atom. The Kier molecular flexibility index (Phi) is 6.96. The van der Waals surface area contributed by atoms with Crippen LogP contribution in [0.15, 0.2) is 0 Å². The van der Waals surface area contributed by atoms with E-state index in [4.69, 9.17) is 9.47 Å². The first-order valence-corrected chi connectivity index (χ1v) is 8.76. The van der Waals surface area contributed by atoms with Gasteiger partial charge in [-0.15, -0.1) is 0 Å². The largest absolute Gasteiger partial charge is 0.382 e. The van der Waals surface area contributed by atoms with E-state index >= 15 is 0 Å². The lowest BCUT2D eigenvalue weighted by Crippen LogP contribution is -2.51. The fourth-order valence-corrected chi connectivity index (χ4v) is 3.65. The van der Waals surface area contributed by atoms with E-state index in [-0.39, 0.29) is 12.1 Å². The summed E-state index contributed by atoms with van der Waals surface area (Å²) < 4.78 is 10.7. The molecule has 5 heteroatoms. The number of amides is 2. The van der Waals surface area contributed by atoms with E-state index in [0.717, 1.165) is 38.3 Å². The molecule has 0 aromatic heterocycles. The number of methoxy groups -OCH3 is 1. The number of ether oxygens (including phenoxy) is 2. The van der Waals surface area contributed by atoms with Gasteiger partial charge in [-0.3, -0.25) is 0 Å². The normalized spacial score (nSPS) is 30.3. The molecule has 128 valence electrons. The second-order valence-electron chi connectivity index (χ2n) is 7.00. The number of rotatable bonds is 5. The summed E-state index contributed by atoms with van der Waals surface area (Å²) in [5.74, 6) is 1.38. The van der Waals surface area contributed by atoms with Gasteiger partial charge in [-0.25, -0.2) is 4.79 Å². The number of urea groups is 1. The summed E-state index contributed by atoms with van der Waals surface area (Å²) in [6.07, 6.45) is 5.69. The minimum Gasteiger partial charge on any atom is -0.382 e. The molecule has 1 heterocycles. The first-order chi connectivity index (χ1) is 10.6. The number of hydrogen-bond donors (Lipinski definition) is 1. The lowest BCUT2D eigenvalue weighted by atomic mass is 9.80. The van der Waals surface area contributed by atoms with Crippen LogP contribution in [0.3, 0.4) is 0 Å². The average Bonchev–Trinajstić information content (AvgIpc) is 2.51. The molecule has 5 nitrogen and oxygen atoms in total. The van der Waals surface area contributed by atoms with Crippen LogP contribution < -0.4 is 5.32 Å². The third-order valence-electron chi connectivity index (χ3n) is 5.11. The van der Waals surface area contributed by atoms with Crippen LogP contribution in [0.1, 0.15) is 46.0 Å². The first kappa shape index (κ1) is 17.5. The smallest absolute Gasteiger partial charge is 0.317 e. The topological polar surface area (TPSA) is 50.8 Å². The zero-order valence-corrected chi connectivity index (χ0v) is 14.3. The van der Waals surface area contributed by atoms with Crippen molar-refractivity contribution in [1.82, 2.24) is 10.2 Å². The molecule has 3 atom stereocenters. The van der Waals surface area contributed by atoms with Crippen LogP contribution in [0, 0.1) is 11.8 Å². The maximum atomic E-state index is 12.4. The van der Waals surface area contributed by atoms with E-state index in [0.29, 0.717) is 25.2 Å². The van der Waals surface area contributed by atoms with Gasteiger partial charge in [0.25, 0.3) is 0 Å². The molecule has 0 spiro atoms. The van der Waals surface area contributed by atoms with Crippen LogP contribution in [0.2, 0.25) is 0 Å². The van der Waals surface area contributed by atoms with E-state index in [9.17, 15) is 4.79 Å². The predicted octanol–water partition coefficient (Wildman–Crippen LogP) is 2.65. The standard InChI is InChI=1S/C17H32N2O3/c1-13-4-5-16(14(2)12-13)18-17(20)19-8-6-15(7-9-19)22-11-10-21-3/h13-16H,4-12H2,1-3H3,(H,18,20)/t13-,14-,16-/m1/s1. The number of piperidine rings is 1. The van der Waals surface area contributed by atoms with Crippen LogP contribution in [0.4, 0.5) is 4.79 Å². The molecule has 2 amide bonds. The quantitative estimate of drug-likeness (QED) is 0.794. The molecular weight excluding hydrogens is 280 g/mol. The summed E-state index contributed by atoms with van der Waals surface area (Å²) in [6, 6.07) is 0.459. The maximum absolute atomic E-state index is 12.4. The predicted molar refractivity (Wildman–Crippen MR) is 86.9 cm³/mol. The van der Waals surface area contributed by atoms with E-state index in [2.05, 4.69) is 19.2 Å². The summed E-state index contributed by atoms with van der Waals surface area (Å²) in [6.45, 7) is 7.44. The highest BCUT2D eigenvalue weighted by Crippen LogP contribution is 2.28. The van der Waals surface area contributed by atoms with Crippen LogP contribution in [0.5, 0.6) is 0 Å². The number of carbonyl (C=O) groups excluding carboxylic acids is 1. The third-order valence-corrected chi connectivity index (χ3v) is 5.11. The summed E-state index contributed by atoms with van der Waals surface area (Å²) in [7, 11) is 1.68. The number of hydrogen-bond acceptors (Lipinski definition) is 3. The summed E-state index contributed by atoms with van der Waals surface area (Å²) in [5.41, 5.74) is 0. The van der Waals surface area contributed by atoms with Gasteiger partial charge in [0.15, 0.2) is 0 Å². The SMILES string of the molecule is COCCOC1CCN(C(=O)N[C@@H]2CC[C@@H](C)C[C@H]2C)CC1. The van der Waals surface area contributed by atoms with Crippen molar-refractivity contribution in [3.63, 3.8) is 0 Å². The lowest BCUT2D eigenvalue weighted by Gasteiger charge is -2.37. The Morgan fingerprint density at radius 1 is 1.14 bits per heavy atom. The molecule has 1 aliphatic carbocycles. The molecule has 2 fully saturated rings. The van der Waals surface area contributed by atoms with Crippen LogP contribution in [0.25, 0.3) is 0 Å². The molecule has 22 heavy (non-hydrogen) atoms. The molecular formula is C17H32N2O3. The van der Waals surface area contributed by atoms with Gasteiger partial charge in [0.1, 0.15) is 0 Å². The maximum Gasteiger partial charge on any atom is 0.317 e. The molecule has 1 saturated heterocycles. The first-order valence-electron chi connectivity index (χ1n) is 8.76. The van der Waals surface area contributed by atoms with Crippen molar-refractivity contribution in [3.05, 3.63) is 0 Å². The third kappa shape index (κ3) is 5.13. The van der Waals surface area contributed by atoms with Crippen molar-refractivity contribution in [1.29, 1.82) is 0 Å². The molecule has 2 aliphatic rings. The minimum atomic E-state index is 0.113. The molecule has 0 unspecified atom stereocenters. The second-order valence-corrected chi connectivity index (χ2v) is 7.00. The molecule has 0 aromatic rings. The van der Waals surface area contributed by atoms with E-state index in [1.165, 1.54) is 12.8 Å². The van der Waals surface area contributed by atoms with Gasteiger partial charge in [0.05, 0.1) is 19.3 Å². The van der Waals surface area contributed by atoms with Gasteiger partial charge in [-0.2, -0.15) is 0 Å². The summed E-state index contributed by atoms with van der Waals surface area (Å²) in [4.78, 5) is 14.4.